The molecule has 1 N–H and O–H groups in total. The Morgan fingerprint density at radius 3 is 2.71 bits per heavy atom. The minimum absolute atomic E-state index is 0.231. The van der Waals surface area contributed by atoms with Gasteiger partial charge in [-0.05, 0) is 53.1 Å². The van der Waals surface area contributed by atoms with Gasteiger partial charge in [0.1, 0.15) is 5.82 Å². The molecule has 6 heteroatoms. The molecule has 1 unspecified atom stereocenters. The SMILES string of the molecule is OC(Cc1cc(-c2ccc3c(c2)OCO3)c2ncsc2c1)c1ccc(F)cc1. The second-order valence-electron chi connectivity index (χ2n) is 6.68. The number of rotatable bonds is 4. The molecule has 4 aromatic rings. The van der Waals surface area contributed by atoms with Gasteiger partial charge >= 0.3 is 0 Å². The van der Waals surface area contributed by atoms with Gasteiger partial charge in [-0.1, -0.05) is 18.2 Å². The zero-order chi connectivity index (χ0) is 19.1. The predicted molar refractivity (Wildman–Crippen MR) is 106 cm³/mol. The summed E-state index contributed by atoms with van der Waals surface area (Å²) in [6.45, 7) is 0.231. The number of hydrogen-bond donors (Lipinski definition) is 1. The van der Waals surface area contributed by atoms with E-state index in [-0.39, 0.29) is 12.6 Å². The number of ether oxygens (including phenoxy) is 2. The van der Waals surface area contributed by atoms with E-state index >= 15 is 0 Å². The number of fused-ring (bicyclic) bond motifs is 2. The number of nitrogens with zero attached hydrogens (tertiary/aromatic N) is 1. The molecule has 5 rings (SSSR count). The normalized spacial score (nSPS) is 13.8. The van der Waals surface area contributed by atoms with E-state index in [9.17, 15) is 9.50 Å². The highest BCUT2D eigenvalue weighted by atomic mass is 32.1. The summed E-state index contributed by atoms with van der Waals surface area (Å²) in [6, 6.07) is 15.9. The number of aromatic nitrogens is 1. The maximum atomic E-state index is 13.1. The molecule has 0 spiro atoms. The molecule has 0 radical (unpaired) electrons. The maximum Gasteiger partial charge on any atom is 0.231 e. The third-order valence-corrected chi connectivity index (χ3v) is 5.64. The van der Waals surface area contributed by atoms with Crippen molar-refractivity contribution >= 4 is 21.6 Å². The lowest BCUT2D eigenvalue weighted by Gasteiger charge is -2.13. The van der Waals surface area contributed by atoms with E-state index in [0.717, 1.165) is 38.4 Å². The third-order valence-electron chi connectivity index (χ3n) is 4.86. The first-order valence-electron chi connectivity index (χ1n) is 8.87. The van der Waals surface area contributed by atoms with Crippen LogP contribution in [0.4, 0.5) is 4.39 Å². The molecule has 0 bridgehead atoms. The summed E-state index contributed by atoms with van der Waals surface area (Å²) in [5, 5.41) is 10.6. The van der Waals surface area contributed by atoms with E-state index in [0.29, 0.717) is 12.0 Å². The molecule has 3 aromatic carbocycles. The Kier molecular flexibility index (Phi) is 4.22. The molecule has 0 saturated heterocycles. The van der Waals surface area contributed by atoms with E-state index < -0.39 is 6.10 Å². The van der Waals surface area contributed by atoms with Crippen molar-refractivity contribution in [2.24, 2.45) is 0 Å². The lowest BCUT2D eigenvalue weighted by molar-refractivity contribution is 0.174. The van der Waals surface area contributed by atoms with Crippen molar-refractivity contribution in [2.45, 2.75) is 12.5 Å². The van der Waals surface area contributed by atoms with Crippen LogP contribution in [0.3, 0.4) is 0 Å². The molecule has 1 aliphatic heterocycles. The minimum Gasteiger partial charge on any atom is -0.454 e. The summed E-state index contributed by atoms with van der Waals surface area (Å²) in [6.07, 6.45) is -0.285. The maximum absolute atomic E-state index is 13.1. The summed E-state index contributed by atoms with van der Waals surface area (Å²) in [5.41, 5.74) is 6.39. The van der Waals surface area contributed by atoms with Gasteiger partial charge in [0.25, 0.3) is 0 Å². The number of aliphatic hydroxyl groups excluding tert-OH is 1. The summed E-state index contributed by atoms with van der Waals surface area (Å²) >= 11 is 1.56. The Hall–Kier alpha value is -2.96. The Morgan fingerprint density at radius 2 is 1.86 bits per heavy atom. The summed E-state index contributed by atoms with van der Waals surface area (Å²) in [5.74, 6) is 1.14. The van der Waals surface area contributed by atoms with Gasteiger partial charge in [0.15, 0.2) is 11.5 Å². The van der Waals surface area contributed by atoms with Crippen LogP contribution in [0.25, 0.3) is 21.3 Å². The van der Waals surface area contributed by atoms with Crippen LogP contribution in [0, 0.1) is 5.82 Å². The number of benzene rings is 3. The van der Waals surface area contributed by atoms with Crippen molar-refractivity contribution in [2.75, 3.05) is 6.79 Å². The molecule has 140 valence electrons. The first-order chi connectivity index (χ1) is 13.7. The minimum atomic E-state index is -0.712. The van der Waals surface area contributed by atoms with Crippen molar-refractivity contribution in [3.63, 3.8) is 0 Å². The highest BCUT2D eigenvalue weighted by Gasteiger charge is 2.17. The van der Waals surface area contributed by atoms with Gasteiger partial charge in [0, 0.05) is 12.0 Å². The van der Waals surface area contributed by atoms with Crippen LogP contribution in [0.1, 0.15) is 17.2 Å². The van der Waals surface area contributed by atoms with Crippen LogP contribution in [0.5, 0.6) is 11.5 Å². The van der Waals surface area contributed by atoms with Crippen molar-refractivity contribution in [3.05, 3.63) is 77.1 Å². The second-order valence-corrected chi connectivity index (χ2v) is 7.57. The van der Waals surface area contributed by atoms with Crippen LogP contribution < -0.4 is 9.47 Å². The molecule has 0 fully saturated rings. The van der Waals surface area contributed by atoms with Crippen molar-refractivity contribution in [3.8, 4) is 22.6 Å². The van der Waals surface area contributed by atoms with Gasteiger partial charge in [-0.3, -0.25) is 0 Å². The second kappa shape index (κ2) is 6.89. The number of aliphatic hydroxyl groups is 1. The zero-order valence-corrected chi connectivity index (χ0v) is 15.6. The zero-order valence-electron chi connectivity index (χ0n) is 14.8. The summed E-state index contributed by atoms with van der Waals surface area (Å²) < 4.78 is 25.1. The van der Waals surface area contributed by atoms with E-state index in [4.69, 9.17) is 9.47 Å². The van der Waals surface area contributed by atoms with Crippen molar-refractivity contribution in [1.82, 2.24) is 4.98 Å². The van der Waals surface area contributed by atoms with Gasteiger partial charge < -0.3 is 14.6 Å². The summed E-state index contributed by atoms with van der Waals surface area (Å²) in [4.78, 5) is 4.52. The number of hydrogen-bond acceptors (Lipinski definition) is 5. The molecule has 1 aliphatic rings. The third kappa shape index (κ3) is 3.10. The fourth-order valence-corrected chi connectivity index (χ4v) is 4.22. The Balaban J connectivity index is 1.53. The largest absolute Gasteiger partial charge is 0.454 e. The standard InChI is InChI=1S/C22H16FNO3S/c23-16-4-1-14(2-5-16)18(25)8-13-7-17(22-21(9-13)28-11-24-22)15-3-6-19-20(10-15)27-12-26-19/h1-7,9-11,18,25H,8,12H2. The predicted octanol–water partition coefficient (Wildman–Crippen LogP) is 5.11. The van der Waals surface area contributed by atoms with Gasteiger partial charge in [0.2, 0.25) is 6.79 Å². The molecule has 0 aliphatic carbocycles. The molecule has 28 heavy (non-hydrogen) atoms. The lowest BCUT2D eigenvalue weighted by Crippen LogP contribution is -2.02. The molecular formula is C22H16FNO3S. The average molecular weight is 393 g/mol. The van der Waals surface area contributed by atoms with Gasteiger partial charge in [-0.25, -0.2) is 9.37 Å². The Bertz CT molecular complexity index is 1160. The van der Waals surface area contributed by atoms with Crippen LogP contribution in [0.15, 0.2) is 60.1 Å². The number of thiazole rings is 1. The molecule has 1 atom stereocenters. The average Bonchev–Trinajstić information content (AvgIpc) is 3.36. The number of halogens is 1. The van der Waals surface area contributed by atoms with Crippen LogP contribution in [-0.4, -0.2) is 16.9 Å². The van der Waals surface area contributed by atoms with Gasteiger partial charge in [0.05, 0.1) is 21.8 Å². The van der Waals surface area contributed by atoms with Gasteiger partial charge in [-0.15, -0.1) is 11.3 Å². The summed E-state index contributed by atoms with van der Waals surface area (Å²) in [7, 11) is 0. The van der Waals surface area contributed by atoms with Crippen LogP contribution in [-0.2, 0) is 6.42 Å². The highest BCUT2D eigenvalue weighted by Crippen LogP contribution is 2.39. The Labute approximate surface area is 164 Å². The topological polar surface area (TPSA) is 51.6 Å². The molecule has 0 saturated carbocycles. The van der Waals surface area contributed by atoms with E-state index in [1.807, 2.05) is 29.8 Å². The first-order valence-corrected chi connectivity index (χ1v) is 9.75. The molecule has 1 aromatic heterocycles. The van der Waals surface area contributed by atoms with E-state index in [1.165, 1.54) is 12.1 Å². The van der Waals surface area contributed by atoms with Crippen LogP contribution >= 0.6 is 11.3 Å². The fraction of sp³-hybridized carbons (Fsp3) is 0.136. The monoisotopic (exact) mass is 393 g/mol. The molecular weight excluding hydrogens is 377 g/mol. The van der Waals surface area contributed by atoms with Gasteiger partial charge in [-0.2, -0.15) is 0 Å². The molecule has 4 nitrogen and oxygen atoms in total. The fourth-order valence-electron chi connectivity index (χ4n) is 3.45. The molecule has 0 amide bonds. The smallest absolute Gasteiger partial charge is 0.231 e. The van der Waals surface area contributed by atoms with E-state index in [1.54, 1.807) is 23.5 Å². The highest BCUT2D eigenvalue weighted by molar-refractivity contribution is 7.16. The van der Waals surface area contributed by atoms with Crippen LogP contribution in [0.2, 0.25) is 0 Å². The first kappa shape index (κ1) is 17.2. The molecule has 2 heterocycles. The van der Waals surface area contributed by atoms with Crippen molar-refractivity contribution < 1.29 is 19.0 Å². The quantitative estimate of drug-likeness (QED) is 0.524. The van der Waals surface area contributed by atoms with Crippen molar-refractivity contribution in [1.29, 1.82) is 0 Å². The lowest BCUT2D eigenvalue weighted by atomic mass is 9.96. The Morgan fingerprint density at radius 1 is 1.04 bits per heavy atom. The van der Waals surface area contributed by atoms with E-state index in [2.05, 4.69) is 11.1 Å².